The maximum absolute atomic E-state index is 9.80. The first-order valence-electron chi connectivity index (χ1n) is 6.48. The highest BCUT2D eigenvalue weighted by molar-refractivity contribution is 9.10. The first-order valence-corrected chi connectivity index (χ1v) is 7.27. The fourth-order valence-corrected chi connectivity index (χ4v) is 2.10. The van der Waals surface area contributed by atoms with Gasteiger partial charge in [-0.1, -0.05) is 12.1 Å². The molecule has 6 heteroatoms. The average molecular weight is 337 g/mol. The minimum absolute atomic E-state index is 0.183. The number of rotatable bonds is 5. The van der Waals surface area contributed by atoms with Gasteiger partial charge in [0.2, 0.25) is 5.95 Å². The Labute approximate surface area is 126 Å². The number of aromatic nitrogens is 2. The minimum Gasteiger partial charge on any atom is -0.506 e. The Bertz CT molecular complexity index is 587. The molecule has 1 heterocycles. The molecule has 0 bridgehead atoms. The largest absolute Gasteiger partial charge is 0.506 e. The second-order valence-corrected chi connectivity index (χ2v) is 5.04. The van der Waals surface area contributed by atoms with Gasteiger partial charge in [0.05, 0.1) is 10.2 Å². The molecule has 0 atom stereocenters. The molecule has 1 aromatic carbocycles. The molecule has 0 fully saturated rings. The molecule has 0 spiro atoms. The zero-order chi connectivity index (χ0) is 14.5. The van der Waals surface area contributed by atoms with Gasteiger partial charge in [-0.25, -0.2) is 4.98 Å². The highest BCUT2D eigenvalue weighted by Crippen LogP contribution is 2.29. The number of nitrogens with one attached hydrogen (secondary N) is 1. The highest BCUT2D eigenvalue weighted by atomic mass is 79.9. The molecule has 20 heavy (non-hydrogen) atoms. The van der Waals surface area contributed by atoms with Crippen LogP contribution < -0.4 is 10.2 Å². The lowest BCUT2D eigenvalue weighted by Crippen LogP contribution is -2.24. The summed E-state index contributed by atoms with van der Waals surface area (Å²) >= 11 is 3.42. The van der Waals surface area contributed by atoms with Crippen LogP contribution in [-0.4, -0.2) is 28.2 Å². The van der Waals surface area contributed by atoms with E-state index in [4.69, 9.17) is 0 Å². The van der Waals surface area contributed by atoms with E-state index in [1.807, 2.05) is 6.07 Å². The first-order chi connectivity index (χ1) is 9.65. The molecular formula is C14H17BrN4O. The number of phenols is 1. The standard InChI is InChI=1S/C14H17BrN4O/c1-3-19(4-2)14-16-9-10(15)13(18-14)17-11-7-5-6-8-12(11)20/h5-9,20H,3-4H2,1-2H3,(H,16,17,18). The molecule has 0 unspecified atom stereocenters. The summed E-state index contributed by atoms with van der Waals surface area (Å²) in [5.41, 5.74) is 0.609. The maximum atomic E-state index is 9.80. The van der Waals surface area contributed by atoms with E-state index in [1.165, 1.54) is 0 Å². The predicted octanol–water partition coefficient (Wildman–Crippen LogP) is 3.53. The fraction of sp³-hybridized carbons (Fsp3) is 0.286. The number of hydrogen-bond acceptors (Lipinski definition) is 5. The lowest BCUT2D eigenvalue weighted by Gasteiger charge is -2.19. The van der Waals surface area contributed by atoms with Crippen molar-refractivity contribution in [2.24, 2.45) is 0 Å². The van der Waals surface area contributed by atoms with Crippen LogP contribution in [0.15, 0.2) is 34.9 Å². The average Bonchev–Trinajstić information content (AvgIpc) is 2.46. The minimum atomic E-state index is 0.183. The number of para-hydroxylation sites is 2. The second-order valence-electron chi connectivity index (χ2n) is 4.18. The quantitative estimate of drug-likeness (QED) is 0.818. The van der Waals surface area contributed by atoms with Crippen molar-refractivity contribution in [1.29, 1.82) is 0 Å². The Kier molecular flexibility index (Phi) is 4.79. The zero-order valence-corrected chi connectivity index (χ0v) is 13.1. The normalized spacial score (nSPS) is 10.3. The van der Waals surface area contributed by atoms with Crippen molar-refractivity contribution in [2.75, 3.05) is 23.3 Å². The molecule has 0 saturated heterocycles. The summed E-state index contributed by atoms with van der Waals surface area (Å²) < 4.78 is 0.747. The topological polar surface area (TPSA) is 61.3 Å². The van der Waals surface area contributed by atoms with Crippen molar-refractivity contribution in [2.45, 2.75) is 13.8 Å². The van der Waals surface area contributed by atoms with Crippen LogP contribution in [0.4, 0.5) is 17.5 Å². The Balaban J connectivity index is 2.32. The molecule has 2 rings (SSSR count). The first kappa shape index (κ1) is 14.6. The third-order valence-corrected chi connectivity index (χ3v) is 3.52. The second kappa shape index (κ2) is 6.56. The SMILES string of the molecule is CCN(CC)c1ncc(Br)c(Nc2ccccc2O)n1. The Morgan fingerprint density at radius 1 is 1.25 bits per heavy atom. The van der Waals surface area contributed by atoms with Crippen LogP contribution in [0.25, 0.3) is 0 Å². The van der Waals surface area contributed by atoms with Gasteiger partial charge in [-0.15, -0.1) is 0 Å². The molecular weight excluding hydrogens is 320 g/mol. The summed E-state index contributed by atoms with van der Waals surface area (Å²) in [6, 6.07) is 7.04. The van der Waals surface area contributed by atoms with Gasteiger partial charge in [-0.05, 0) is 41.9 Å². The summed E-state index contributed by atoms with van der Waals surface area (Å²) in [7, 11) is 0. The molecule has 0 aliphatic carbocycles. The fourth-order valence-electron chi connectivity index (χ4n) is 1.81. The summed E-state index contributed by atoms with van der Waals surface area (Å²) in [5.74, 6) is 1.47. The molecule has 0 aliphatic rings. The van der Waals surface area contributed by atoms with E-state index in [0.717, 1.165) is 17.6 Å². The van der Waals surface area contributed by atoms with Gasteiger partial charge in [0.1, 0.15) is 11.6 Å². The Morgan fingerprint density at radius 2 is 1.95 bits per heavy atom. The lowest BCUT2D eigenvalue weighted by atomic mass is 10.3. The van der Waals surface area contributed by atoms with E-state index in [-0.39, 0.29) is 5.75 Å². The maximum Gasteiger partial charge on any atom is 0.227 e. The monoisotopic (exact) mass is 336 g/mol. The number of halogens is 1. The third-order valence-electron chi connectivity index (χ3n) is 2.93. The van der Waals surface area contributed by atoms with Gasteiger partial charge in [-0.3, -0.25) is 0 Å². The van der Waals surface area contributed by atoms with Crippen LogP contribution in [0.1, 0.15) is 13.8 Å². The van der Waals surface area contributed by atoms with Crippen LogP contribution in [0.5, 0.6) is 5.75 Å². The summed E-state index contributed by atoms with van der Waals surface area (Å²) in [6.07, 6.45) is 1.71. The molecule has 0 radical (unpaired) electrons. The Hall–Kier alpha value is -1.82. The molecule has 2 aromatic rings. The van der Waals surface area contributed by atoms with Crippen molar-refractivity contribution in [3.8, 4) is 5.75 Å². The van der Waals surface area contributed by atoms with Crippen LogP contribution in [0.3, 0.4) is 0 Å². The van der Waals surface area contributed by atoms with Gasteiger partial charge in [-0.2, -0.15) is 4.98 Å². The number of aromatic hydroxyl groups is 1. The number of phenolic OH excluding ortho intramolecular Hbond substituents is 1. The van der Waals surface area contributed by atoms with Gasteiger partial charge < -0.3 is 15.3 Å². The van der Waals surface area contributed by atoms with Crippen molar-refractivity contribution in [1.82, 2.24) is 9.97 Å². The number of nitrogens with zero attached hydrogens (tertiary/aromatic N) is 3. The molecule has 2 N–H and O–H groups in total. The summed E-state index contributed by atoms with van der Waals surface area (Å²) in [4.78, 5) is 10.9. The number of hydrogen-bond donors (Lipinski definition) is 2. The summed E-state index contributed by atoms with van der Waals surface area (Å²) in [5, 5.41) is 12.9. The van der Waals surface area contributed by atoms with E-state index in [2.05, 4.69) is 50.0 Å². The van der Waals surface area contributed by atoms with Gasteiger partial charge >= 0.3 is 0 Å². The van der Waals surface area contributed by atoms with Crippen LogP contribution in [0, 0.1) is 0 Å². The van der Waals surface area contributed by atoms with Gasteiger partial charge in [0.25, 0.3) is 0 Å². The number of anilines is 3. The van der Waals surface area contributed by atoms with E-state index >= 15 is 0 Å². The van der Waals surface area contributed by atoms with Gasteiger partial charge in [0.15, 0.2) is 0 Å². The number of benzene rings is 1. The molecule has 0 saturated carbocycles. The predicted molar refractivity (Wildman–Crippen MR) is 84.7 cm³/mol. The zero-order valence-electron chi connectivity index (χ0n) is 11.5. The van der Waals surface area contributed by atoms with Crippen LogP contribution in [0.2, 0.25) is 0 Å². The van der Waals surface area contributed by atoms with Gasteiger partial charge in [0, 0.05) is 19.3 Å². The van der Waals surface area contributed by atoms with Crippen molar-refractivity contribution < 1.29 is 5.11 Å². The molecule has 1 aromatic heterocycles. The van der Waals surface area contributed by atoms with Crippen molar-refractivity contribution in [3.63, 3.8) is 0 Å². The third kappa shape index (κ3) is 3.19. The smallest absolute Gasteiger partial charge is 0.227 e. The van der Waals surface area contributed by atoms with E-state index in [9.17, 15) is 5.11 Å². The molecule has 106 valence electrons. The van der Waals surface area contributed by atoms with E-state index in [0.29, 0.717) is 17.5 Å². The van der Waals surface area contributed by atoms with E-state index in [1.54, 1.807) is 24.4 Å². The lowest BCUT2D eigenvalue weighted by molar-refractivity contribution is 0.477. The Morgan fingerprint density at radius 3 is 2.60 bits per heavy atom. The summed E-state index contributed by atoms with van der Waals surface area (Å²) in [6.45, 7) is 5.80. The molecule has 5 nitrogen and oxygen atoms in total. The molecule has 0 amide bonds. The van der Waals surface area contributed by atoms with E-state index < -0.39 is 0 Å². The highest BCUT2D eigenvalue weighted by Gasteiger charge is 2.10. The van der Waals surface area contributed by atoms with Crippen molar-refractivity contribution in [3.05, 3.63) is 34.9 Å². The van der Waals surface area contributed by atoms with Crippen LogP contribution >= 0.6 is 15.9 Å². The molecule has 0 aliphatic heterocycles. The van der Waals surface area contributed by atoms with Crippen molar-refractivity contribution >= 4 is 33.4 Å². The van der Waals surface area contributed by atoms with Crippen LogP contribution in [-0.2, 0) is 0 Å².